The zero-order valence-electron chi connectivity index (χ0n) is 7.22. The first-order chi connectivity index (χ1) is 4.91. The molecule has 0 fully saturated rings. The van der Waals surface area contributed by atoms with Crippen LogP contribution in [0.15, 0.2) is 0 Å². The third-order valence-corrected chi connectivity index (χ3v) is 1.84. The Morgan fingerprint density at radius 2 is 1.91 bits per heavy atom. The van der Waals surface area contributed by atoms with E-state index in [2.05, 4.69) is 53.4 Å². The molecule has 0 unspecified atom stereocenters. The highest BCUT2D eigenvalue weighted by Crippen LogP contribution is 2.14. The zero-order valence-corrected chi connectivity index (χ0v) is 9.38. The van der Waals surface area contributed by atoms with Crippen molar-refractivity contribution in [1.29, 1.82) is 0 Å². The second kappa shape index (κ2) is 2.73. The predicted octanol–water partition coefficient (Wildman–Crippen LogP) is 1.95. The van der Waals surface area contributed by atoms with Crippen LogP contribution in [0.2, 0.25) is 0 Å². The topological polar surface area (TPSA) is 30.7 Å². The molecule has 0 saturated carbocycles. The maximum atomic E-state index is 4.27. The SMILES string of the molecule is Cc1nc(I)nn1C(C)(C)C. The van der Waals surface area contributed by atoms with Crippen molar-refractivity contribution in [3.8, 4) is 0 Å². The van der Waals surface area contributed by atoms with Crippen LogP contribution in [0.3, 0.4) is 0 Å². The molecule has 3 nitrogen and oxygen atoms in total. The van der Waals surface area contributed by atoms with Gasteiger partial charge in [-0.1, -0.05) is 0 Å². The van der Waals surface area contributed by atoms with Crippen molar-refractivity contribution in [3.05, 3.63) is 9.66 Å². The third-order valence-electron chi connectivity index (χ3n) is 1.38. The molecule has 0 radical (unpaired) electrons. The molecule has 1 aromatic heterocycles. The Balaban J connectivity index is 3.13. The number of aryl methyl sites for hydroxylation is 1. The van der Waals surface area contributed by atoms with Crippen molar-refractivity contribution >= 4 is 22.6 Å². The standard InChI is InChI=1S/C7H12IN3/c1-5-9-6(8)10-11(5)7(2,3)4/h1-4H3. The first-order valence-corrected chi connectivity index (χ1v) is 4.59. The second-order valence-electron chi connectivity index (χ2n) is 3.51. The molecule has 11 heavy (non-hydrogen) atoms. The van der Waals surface area contributed by atoms with Crippen molar-refractivity contribution in [3.63, 3.8) is 0 Å². The van der Waals surface area contributed by atoms with Crippen LogP contribution >= 0.6 is 22.6 Å². The molecule has 1 aromatic rings. The van der Waals surface area contributed by atoms with E-state index in [1.54, 1.807) is 0 Å². The summed E-state index contributed by atoms with van der Waals surface area (Å²) in [6.45, 7) is 8.32. The molecule has 0 saturated heterocycles. The van der Waals surface area contributed by atoms with E-state index in [0.29, 0.717) is 0 Å². The van der Waals surface area contributed by atoms with Gasteiger partial charge in [0.1, 0.15) is 5.82 Å². The molecule has 0 amide bonds. The average molecular weight is 265 g/mol. The minimum atomic E-state index is 0.0422. The van der Waals surface area contributed by atoms with E-state index in [-0.39, 0.29) is 5.54 Å². The molecule has 4 heteroatoms. The quantitative estimate of drug-likeness (QED) is 0.671. The van der Waals surface area contributed by atoms with Gasteiger partial charge in [-0.15, -0.1) is 5.10 Å². The lowest BCUT2D eigenvalue weighted by atomic mass is 10.1. The van der Waals surface area contributed by atoms with Crippen molar-refractivity contribution in [2.45, 2.75) is 33.2 Å². The highest BCUT2D eigenvalue weighted by atomic mass is 127. The van der Waals surface area contributed by atoms with Crippen LogP contribution in [0, 0.1) is 10.8 Å². The summed E-state index contributed by atoms with van der Waals surface area (Å²) in [6, 6.07) is 0. The van der Waals surface area contributed by atoms with Gasteiger partial charge in [-0.2, -0.15) is 0 Å². The first kappa shape index (κ1) is 8.96. The van der Waals surface area contributed by atoms with Gasteiger partial charge in [0.25, 0.3) is 0 Å². The van der Waals surface area contributed by atoms with Crippen LogP contribution in [-0.4, -0.2) is 14.8 Å². The average Bonchev–Trinajstić information content (AvgIpc) is 2.08. The maximum Gasteiger partial charge on any atom is 0.211 e. The summed E-state index contributed by atoms with van der Waals surface area (Å²) in [6.07, 6.45) is 0. The van der Waals surface area contributed by atoms with Gasteiger partial charge < -0.3 is 0 Å². The van der Waals surface area contributed by atoms with Crippen LogP contribution in [-0.2, 0) is 5.54 Å². The largest absolute Gasteiger partial charge is 0.244 e. The highest BCUT2D eigenvalue weighted by Gasteiger charge is 2.17. The predicted molar refractivity (Wildman–Crippen MR) is 52.5 cm³/mol. The van der Waals surface area contributed by atoms with Gasteiger partial charge in [-0.3, -0.25) is 0 Å². The molecule has 62 valence electrons. The van der Waals surface area contributed by atoms with E-state index in [9.17, 15) is 0 Å². The Morgan fingerprint density at radius 3 is 2.09 bits per heavy atom. The summed E-state index contributed by atoms with van der Waals surface area (Å²) in [5, 5.41) is 4.27. The third kappa shape index (κ3) is 1.91. The number of aromatic nitrogens is 3. The van der Waals surface area contributed by atoms with Gasteiger partial charge in [-0.25, -0.2) is 9.67 Å². The van der Waals surface area contributed by atoms with Crippen LogP contribution in [0.4, 0.5) is 0 Å². The fourth-order valence-corrected chi connectivity index (χ4v) is 1.56. The molecular weight excluding hydrogens is 253 g/mol. The van der Waals surface area contributed by atoms with Gasteiger partial charge in [0.2, 0.25) is 3.83 Å². The summed E-state index contributed by atoms with van der Waals surface area (Å²) in [4.78, 5) is 4.22. The van der Waals surface area contributed by atoms with Crippen molar-refractivity contribution in [2.24, 2.45) is 0 Å². The van der Waals surface area contributed by atoms with E-state index >= 15 is 0 Å². The molecule has 1 heterocycles. The van der Waals surface area contributed by atoms with Crippen LogP contribution in [0.25, 0.3) is 0 Å². The lowest BCUT2D eigenvalue weighted by Gasteiger charge is -2.19. The van der Waals surface area contributed by atoms with Crippen molar-refractivity contribution in [1.82, 2.24) is 14.8 Å². The van der Waals surface area contributed by atoms with Crippen molar-refractivity contribution in [2.75, 3.05) is 0 Å². The van der Waals surface area contributed by atoms with Gasteiger partial charge in [-0.05, 0) is 27.7 Å². The van der Waals surface area contributed by atoms with E-state index in [4.69, 9.17) is 0 Å². The Labute approximate surface area is 80.3 Å². The minimum absolute atomic E-state index is 0.0422. The number of hydrogen-bond donors (Lipinski definition) is 0. The Kier molecular flexibility index (Phi) is 2.22. The van der Waals surface area contributed by atoms with E-state index in [1.165, 1.54) is 0 Å². The summed E-state index contributed by atoms with van der Waals surface area (Å²) < 4.78 is 2.75. The Hall–Kier alpha value is -0.130. The molecule has 0 aliphatic rings. The first-order valence-electron chi connectivity index (χ1n) is 3.51. The van der Waals surface area contributed by atoms with Gasteiger partial charge >= 0.3 is 0 Å². The number of nitrogens with zero attached hydrogens (tertiary/aromatic N) is 3. The Morgan fingerprint density at radius 1 is 1.36 bits per heavy atom. The molecule has 0 aromatic carbocycles. The van der Waals surface area contributed by atoms with E-state index < -0.39 is 0 Å². The maximum absolute atomic E-state index is 4.27. The second-order valence-corrected chi connectivity index (χ2v) is 4.48. The number of rotatable bonds is 0. The molecular formula is C7H12IN3. The van der Waals surface area contributed by atoms with Gasteiger partial charge in [0, 0.05) is 22.6 Å². The molecule has 1 rings (SSSR count). The summed E-state index contributed by atoms with van der Waals surface area (Å²) in [5.74, 6) is 0.974. The molecule has 0 bridgehead atoms. The fraction of sp³-hybridized carbons (Fsp3) is 0.714. The van der Waals surface area contributed by atoms with Gasteiger partial charge in [0.15, 0.2) is 0 Å². The zero-order chi connectivity index (χ0) is 8.65. The van der Waals surface area contributed by atoms with Crippen molar-refractivity contribution < 1.29 is 0 Å². The number of hydrogen-bond acceptors (Lipinski definition) is 2. The summed E-state index contributed by atoms with van der Waals surface area (Å²) in [5.41, 5.74) is 0.0422. The van der Waals surface area contributed by atoms with E-state index in [1.807, 2.05) is 11.6 Å². The monoisotopic (exact) mass is 265 g/mol. The lowest BCUT2D eigenvalue weighted by molar-refractivity contribution is 0.345. The van der Waals surface area contributed by atoms with Gasteiger partial charge in [0.05, 0.1) is 5.54 Å². The smallest absolute Gasteiger partial charge is 0.211 e. The molecule has 0 aliphatic carbocycles. The minimum Gasteiger partial charge on any atom is -0.244 e. The van der Waals surface area contributed by atoms with Crippen LogP contribution in [0.1, 0.15) is 26.6 Å². The van der Waals surface area contributed by atoms with Crippen LogP contribution in [0.5, 0.6) is 0 Å². The lowest BCUT2D eigenvalue weighted by Crippen LogP contribution is -2.24. The molecule has 0 spiro atoms. The number of halogens is 1. The van der Waals surface area contributed by atoms with Crippen LogP contribution < -0.4 is 0 Å². The molecule has 0 N–H and O–H groups in total. The fourth-order valence-electron chi connectivity index (χ4n) is 0.994. The molecule has 0 aliphatic heterocycles. The highest BCUT2D eigenvalue weighted by molar-refractivity contribution is 14.1. The summed E-state index contributed by atoms with van der Waals surface area (Å²) in [7, 11) is 0. The molecule has 0 atom stereocenters. The summed E-state index contributed by atoms with van der Waals surface area (Å²) >= 11 is 2.12. The normalized spacial score (nSPS) is 12.1. The Bertz CT molecular complexity index is 259. The van der Waals surface area contributed by atoms with E-state index in [0.717, 1.165) is 9.66 Å².